The minimum Gasteiger partial charge on any atom is -0.456 e. The van der Waals surface area contributed by atoms with E-state index in [1.165, 1.54) is 44.2 Å². The maximum Gasteiger partial charge on any atom is 0.154 e. The van der Waals surface area contributed by atoms with Crippen molar-refractivity contribution in [1.29, 1.82) is 0 Å². The van der Waals surface area contributed by atoms with Gasteiger partial charge in [0, 0.05) is 40.3 Å². The van der Waals surface area contributed by atoms with Gasteiger partial charge >= 0.3 is 0 Å². The summed E-state index contributed by atoms with van der Waals surface area (Å²) in [5, 5.41) is 2.41. The summed E-state index contributed by atoms with van der Waals surface area (Å²) in [5.74, 6) is 2.92. The summed E-state index contributed by atoms with van der Waals surface area (Å²) < 4.78 is 6.86. The first-order valence-electron chi connectivity index (χ1n) is 18.3. The van der Waals surface area contributed by atoms with E-state index in [2.05, 4.69) is 170 Å². The Bertz CT molecular complexity index is 2630. The van der Waals surface area contributed by atoms with Crippen LogP contribution in [0.15, 0.2) is 198 Å². The van der Waals surface area contributed by atoms with Gasteiger partial charge in [-0.05, 0) is 62.9 Å². The van der Waals surface area contributed by atoms with Gasteiger partial charge in [0.25, 0.3) is 0 Å². The van der Waals surface area contributed by atoms with Crippen LogP contribution in [0.5, 0.6) is 11.5 Å². The largest absolute Gasteiger partial charge is 0.456 e. The lowest BCUT2D eigenvalue weighted by atomic mass is 9.61. The number of hydrogen-bond acceptors (Lipinski definition) is 2. The predicted molar refractivity (Wildman–Crippen MR) is 217 cm³/mol. The molecule has 3 unspecified atom stereocenters. The fourth-order valence-corrected chi connectivity index (χ4v) is 8.81. The molecule has 0 saturated heterocycles. The Labute approximate surface area is 310 Å². The summed E-state index contributed by atoms with van der Waals surface area (Å²) in [6.45, 7) is 0.511. The molecular weight excluding hydrogens is 645 g/mol. The number of benzene rings is 7. The molecule has 7 aromatic rings. The van der Waals surface area contributed by atoms with Crippen LogP contribution in [0.4, 0.5) is 0 Å². The topological polar surface area (TPSA) is 34.0 Å². The summed E-state index contributed by atoms with van der Waals surface area (Å²) in [5.41, 5.74) is 10.2. The molecule has 0 bridgehead atoms. The minimum absolute atomic E-state index is 0.217. The SMILES string of the molecule is C1=CC2c3ccccc3C3(c4ccccc4Oc4c(/C=N/C(=N\Cc5ccc6cc(-c7ccccc7)ccc6c5)c5ccccc5)cccc43)C2C=C1. The van der Waals surface area contributed by atoms with Crippen LogP contribution in [0.1, 0.15) is 44.9 Å². The Balaban J connectivity index is 1.04. The van der Waals surface area contributed by atoms with E-state index in [4.69, 9.17) is 14.7 Å². The number of hydrogen-bond donors (Lipinski definition) is 0. The van der Waals surface area contributed by atoms with Crippen LogP contribution in [-0.2, 0) is 12.0 Å². The molecule has 1 aliphatic heterocycles. The number of amidine groups is 1. The molecule has 3 atom stereocenters. The highest BCUT2D eigenvalue weighted by Crippen LogP contribution is 2.64. The van der Waals surface area contributed by atoms with E-state index in [0.717, 1.165) is 28.2 Å². The van der Waals surface area contributed by atoms with Gasteiger partial charge in [0.2, 0.25) is 0 Å². The molecule has 1 heterocycles. The third-order valence-corrected chi connectivity index (χ3v) is 11.2. The van der Waals surface area contributed by atoms with Gasteiger partial charge in [-0.3, -0.25) is 4.99 Å². The number of fused-ring (bicyclic) bond motifs is 10. The summed E-state index contributed by atoms with van der Waals surface area (Å²) in [7, 11) is 0. The third-order valence-electron chi connectivity index (χ3n) is 11.2. The van der Waals surface area contributed by atoms with Crippen LogP contribution >= 0.6 is 0 Å². The van der Waals surface area contributed by atoms with Crippen LogP contribution in [0.25, 0.3) is 21.9 Å². The first kappa shape index (κ1) is 31.2. The molecule has 3 nitrogen and oxygen atoms in total. The van der Waals surface area contributed by atoms with Gasteiger partial charge in [-0.2, -0.15) is 0 Å². The summed E-state index contributed by atoms with van der Waals surface area (Å²) >= 11 is 0. The molecule has 7 aromatic carbocycles. The van der Waals surface area contributed by atoms with Crippen LogP contribution < -0.4 is 4.74 Å². The summed E-state index contributed by atoms with van der Waals surface area (Å²) in [6.07, 6.45) is 11.1. The van der Waals surface area contributed by atoms with Crippen molar-refractivity contribution in [3.63, 3.8) is 0 Å². The molecule has 3 heteroatoms. The van der Waals surface area contributed by atoms with E-state index < -0.39 is 5.41 Å². The Hall–Kier alpha value is -6.58. The number of nitrogens with zero attached hydrogens (tertiary/aromatic N) is 2. The fraction of sp³-hybridized carbons (Fsp3) is 0.0800. The predicted octanol–water partition coefficient (Wildman–Crippen LogP) is 11.9. The smallest absolute Gasteiger partial charge is 0.154 e. The van der Waals surface area contributed by atoms with Gasteiger partial charge in [0.15, 0.2) is 5.84 Å². The lowest BCUT2D eigenvalue weighted by Crippen LogP contribution is -2.37. The van der Waals surface area contributed by atoms with Crippen molar-refractivity contribution in [2.75, 3.05) is 0 Å². The monoisotopic (exact) mass is 680 g/mol. The molecule has 0 amide bonds. The number of aliphatic imine (C=N–C) groups is 2. The van der Waals surface area contributed by atoms with Crippen LogP contribution in [0, 0.1) is 5.92 Å². The Morgan fingerprint density at radius 2 is 1.32 bits per heavy atom. The van der Waals surface area contributed by atoms with E-state index in [0.29, 0.717) is 12.4 Å². The van der Waals surface area contributed by atoms with Crippen LogP contribution in [0.3, 0.4) is 0 Å². The first-order chi connectivity index (χ1) is 26.3. The summed E-state index contributed by atoms with van der Waals surface area (Å²) in [4.78, 5) is 10.2. The molecule has 0 radical (unpaired) electrons. The fourth-order valence-electron chi connectivity index (χ4n) is 8.81. The summed E-state index contributed by atoms with van der Waals surface area (Å²) in [6, 6.07) is 58.1. The Morgan fingerprint density at radius 3 is 2.21 bits per heavy atom. The highest BCUT2D eigenvalue weighted by molar-refractivity contribution is 6.06. The molecule has 10 rings (SSSR count). The molecule has 53 heavy (non-hydrogen) atoms. The highest BCUT2D eigenvalue weighted by Gasteiger charge is 2.56. The molecule has 3 aliphatic rings. The quantitative estimate of drug-likeness (QED) is 0.132. The van der Waals surface area contributed by atoms with Gasteiger partial charge in [0.05, 0.1) is 12.0 Å². The van der Waals surface area contributed by atoms with Gasteiger partial charge in [-0.1, -0.05) is 164 Å². The Morgan fingerprint density at radius 1 is 0.604 bits per heavy atom. The zero-order valence-electron chi connectivity index (χ0n) is 29.1. The molecular formula is C50H36N2O. The molecule has 1 spiro atoms. The molecule has 252 valence electrons. The third kappa shape index (κ3) is 5.19. The van der Waals surface area contributed by atoms with Gasteiger partial charge in [0.1, 0.15) is 11.5 Å². The first-order valence-corrected chi connectivity index (χ1v) is 18.3. The average molecular weight is 681 g/mol. The molecule has 0 saturated carbocycles. The Kier molecular flexibility index (Phi) is 7.58. The second-order valence-corrected chi connectivity index (χ2v) is 14.1. The van der Waals surface area contributed by atoms with E-state index in [9.17, 15) is 0 Å². The lowest BCUT2D eigenvalue weighted by Gasteiger charge is -2.43. The highest BCUT2D eigenvalue weighted by atomic mass is 16.5. The van der Waals surface area contributed by atoms with Crippen molar-refractivity contribution in [2.45, 2.75) is 17.9 Å². The van der Waals surface area contributed by atoms with E-state index in [1.807, 2.05) is 24.4 Å². The molecule has 0 fully saturated rings. The van der Waals surface area contributed by atoms with Crippen molar-refractivity contribution >= 4 is 22.8 Å². The minimum atomic E-state index is -0.398. The number of rotatable bonds is 5. The van der Waals surface area contributed by atoms with Gasteiger partial charge in [-0.15, -0.1) is 0 Å². The zero-order chi connectivity index (χ0) is 35.2. The maximum atomic E-state index is 6.86. The zero-order valence-corrected chi connectivity index (χ0v) is 29.1. The van der Waals surface area contributed by atoms with Crippen LogP contribution in [-0.4, -0.2) is 12.1 Å². The normalized spacial score (nSPS) is 19.5. The number of para-hydroxylation sites is 2. The average Bonchev–Trinajstić information content (AvgIpc) is 3.52. The van der Waals surface area contributed by atoms with Crippen LogP contribution in [0.2, 0.25) is 0 Å². The number of allylic oxidation sites excluding steroid dienone is 4. The molecule has 2 aliphatic carbocycles. The van der Waals surface area contributed by atoms with Gasteiger partial charge in [-0.25, -0.2) is 4.99 Å². The number of ether oxygens (including phenoxy) is 1. The lowest BCUT2D eigenvalue weighted by molar-refractivity contribution is 0.374. The maximum absolute atomic E-state index is 6.86. The van der Waals surface area contributed by atoms with Gasteiger partial charge < -0.3 is 4.74 Å². The second kappa shape index (κ2) is 12.9. The molecule has 0 aromatic heterocycles. The molecule has 0 N–H and O–H groups in total. The van der Waals surface area contributed by atoms with Crippen molar-refractivity contribution in [3.05, 3.63) is 227 Å². The van der Waals surface area contributed by atoms with E-state index in [1.54, 1.807) is 0 Å². The van der Waals surface area contributed by atoms with E-state index >= 15 is 0 Å². The van der Waals surface area contributed by atoms with Crippen molar-refractivity contribution in [1.82, 2.24) is 0 Å². The standard InChI is InChI=1S/C50H36N2O/c1-3-14-35(15-4-1)38-29-28-37-30-34(26-27-39(37)31-38)32-51-49(36-16-5-2-6-17-36)52-33-40-18-13-24-46-48(40)53-47-25-12-11-23-45(47)50(46)43-21-9-7-19-41(43)42-20-8-10-22-44(42)50/h1-31,33,41,43H,32H2/b51-49-,52-33+. The van der Waals surface area contributed by atoms with Crippen molar-refractivity contribution < 1.29 is 4.74 Å². The second-order valence-electron chi connectivity index (χ2n) is 14.1. The van der Waals surface area contributed by atoms with Crippen molar-refractivity contribution in [2.24, 2.45) is 15.9 Å². The van der Waals surface area contributed by atoms with E-state index in [-0.39, 0.29) is 11.8 Å². The van der Waals surface area contributed by atoms with Crippen molar-refractivity contribution in [3.8, 4) is 22.6 Å².